The Morgan fingerprint density at radius 3 is 2.80 bits per heavy atom. The van der Waals surface area contributed by atoms with Gasteiger partial charge in [-0.05, 0) is 6.42 Å². The van der Waals surface area contributed by atoms with E-state index in [1.54, 1.807) is 0 Å². The standard InChI is InChI=1S/C8H17N3O3S/c1-3-7-6-11(15(13,14)9-2)5-4-8(7)10-12/h7,9,12H,3-6H2,1-2H3. The summed E-state index contributed by atoms with van der Waals surface area (Å²) in [4.78, 5) is 0. The van der Waals surface area contributed by atoms with Gasteiger partial charge in [0.1, 0.15) is 0 Å². The topological polar surface area (TPSA) is 82.0 Å². The molecule has 0 bridgehead atoms. The summed E-state index contributed by atoms with van der Waals surface area (Å²) >= 11 is 0. The fraction of sp³-hybridized carbons (Fsp3) is 0.875. The van der Waals surface area contributed by atoms with Gasteiger partial charge in [-0.25, -0.2) is 4.72 Å². The molecule has 1 aliphatic rings. The van der Waals surface area contributed by atoms with Crippen LogP contribution >= 0.6 is 0 Å². The van der Waals surface area contributed by atoms with E-state index in [4.69, 9.17) is 5.21 Å². The summed E-state index contributed by atoms with van der Waals surface area (Å²) in [6.45, 7) is 2.71. The van der Waals surface area contributed by atoms with Gasteiger partial charge in [0.15, 0.2) is 0 Å². The lowest BCUT2D eigenvalue weighted by Crippen LogP contribution is -2.47. The van der Waals surface area contributed by atoms with E-state index in [1.165, 1.54) is 11.4 Å². The van der Waals surface area contributed by atoms with E-state index < -0.39 is 10.2 Å². The van der Waals surface area contributed by atoms with Gasteiger partial charge in [-0.15, -0.1) is 0 Å². The lowest BCUT2D eigenvalue weighted by Gasteiger charge is -2.31. The highest BCUT2D eigenvalue weighted by Gasteiger charge is 2.30. The Morgan fingerprint density at radius 1 is 1.67 bits per heavy atom. The molecule has 1 saturated heterocycles. The van der Waals surface area contributed by atoms with Gasteiger partial charge >= 0.3 is 0 Å². The SMILES string of the molecule is CCC1CN(S(=O)(=O)NC)CCC1=NO. The van der Waals surface area contributed by atoms with Gasteiger partial charge in [-0.2, -0.15) is 12.7 Å². The molecule has 0 aromatic heterocycles. The fourth-order valence-corrected chi connectivity index (χ4v) is 2.70. The van der Waals surface area contributed by atoms with Gasteiger partial charge < -0.3 is 5.21 Å². The summed E-state index contributed by atoms with van der Waals surface area (Å²) in [5.74, 6) is 0.0203. The quantitative estimate of drug-likeness (QED) is 0.534. The molecule has 0 aliphatic carbocycles. The summed E-state index contributed by atoms with van der Waals surface area (Å²) in [5, 5.41) is 12.0. The van der Waals surface area contributed by atoms with Crippen molar-refractivity contribution in [1.82, 2.24) is 9.03 Å². The molecule has 1 unspecified atom stereocenters. The summed E-state index contributed by atoms with van der Waals surface area (Å²) in [6.07, 6.45) is 1.27. The van der Waals surface area contributed by atoms with Crippen LogP contribution in [0.4, 0.5) is 0 Å². The Bertz CT molecular complexity index is 339. The molecule has 1 rings (SSSR count). The predicted molar refractivity (Wildman–Crippen MR) is 57.2 cm³/mol. The summed E-state index contributed by atoms with van der Waals surface area (Å²) < 4.78 is 26.7. The zero-order valence-electron chi connectivity index (χ0n) is 8.97. The molecular weight excluding hydrogens is 218 g/mol. The van der Waals surface area contributed by atoms with E-state index in [2.05, 4.69) is 9.88 Å². The first-order chi connectivity index (χ1) is 7.05. The zero-order chi connectivity index (χ0) is 11.5. The number of hydrogen-bond donors (Lipinski definition) is 2. The van der Waals surface area contributed by atoms with Crippen LogP contribution in [0.5, 0.6) is 0 Å². The van der Waals surface area contributed by atoms with Crippen LogP contribution in [0, 0.1) is 5.92 Å². The number of rotatable bonds is 3. The highest BCUT2D eigenvalue weighted by atomic mass is 32.2. The third-order valence-electron chi connectivity index (χ3n) is 2.73. The van der Waals surface area contributed by atoms with Crippen molar-refractivity contribution in [3.63, 3.8) is 0 Å². The van der Waals surface area contributed by atoms with Gasteiger partial charge in [-0.3, -0.25) is 0 Å². The minimum atomic E-state index is -3.35. The van der Waals surface area contributed by atoms with Crippen LogP contribution in [0.15, 0.2) is 5.16 Å². The lowest BCUT2D eigenvalue weighted by atomic mass is 9.95. The summed E-state index contributed by atoms with van der Waals surface area (Å²) in [5.41, 5.74) is 0.694. The molecule has 6 nitrogen and oxygen atoms in total. The maximum Gasteiger partial charge on any atom is 0.279 e. The van der Waals surface area contributed by atoms with Crippen molar-refractivity contribution in [3.8, 4) is 0 Å². The summed E-state index contributed by atoms with van der Waals surface area (Å²) in [6, 6.07) is 0. The van der Waals surface area contributed by atoms with E-state index >= 15 is 0 Å². The minimum absolute atomic E-state index is 0.0203. The van der Waals surface area contributed by atoms with E-state index in [9.17, 15) is 8.42 Å². The second-order valence-corrected chi connectivity index (χ2v) is 5.39. The van der Waals surface area contributed by atoms with Crippen molar-refractivity contribution in [3.05, 3.63) is 0 Å². The molecule has 1 heterocycles. The van der Waals surface area contributed by atoms with Gasteiger partial charge in [0.05, 0.1) is 5.71 Å². The van der Waals surface area contributed by atoms with Crippen molar-refractivity contribution < 1.29 is 13.6 Å². The maximum atomic E-state index is 11.5. The molecule has 0 spiro atoms. The molecule has 15 heavy (non-hydrogen) atoms. The third-order valence-corrected chi connectivity index (χ3v) is 4.26. The van der Waals surface area contributed by atoms with Crippen LogP contribution in [0.25, 0.3) is 0 Å². The van der Waals surface area contributed by atoms with Crippen LogP contribution in [-0.2, 0) is 10.2 Å². The number of piperidine rings is 1. The van der Waals surface area contributed by atoms with Gasteiger partial charge in [0, 0.05) is 32.5 Å². The van der Waals surface area contributed by atoms with Gasteiger partial charge in [0.25, 0.3) is 10.2 Å². The van der Waals surface area contributed by atoms with Crippen molar-refractivity contribution in [1.29, 1.82) is 0 Å². The first-order valence-electron chi connectivity index (χ1n) is 4.94. The normalized spacial score (nSPS) is 27.1. The Morgan fingerprint density at radius 2 is 2.33 bits per heavy atom. The van der Waals surface area contributed by atoms with E-state index in [-0.39, 0.29) is 5.92 Å². The van der Waals surface area contributed by atoms with Gasteiger partial charge in [-0.1, -0.05) is 12.1 Å². The zero-order valence-corrected chi connectivity index (χ0v) is 9.79. The maximum absolute atomic E-state index is 11.5. The number of nitrogens with one attached hydrogen (secondary N) is 1. The van der Waals surface area contributed by atoms with Crippen LogP contribution in [0.2, 0.25) is 0 Å². The largest absolute Gasteiger partial charge is 0.411 e. The molecular formula is C8H17N3O3S. The first kappa shape index (κ1) is 12.4. The van der Waals surface area contributed by atoms with Crippen molar-refractivity contribution in [2.45, 2.75) is 19.8 Å². The van der Waals surface area contributed by atoms with Crippen LogP contribution in [0.1, 0.15) is 19.8 Å². The predicted octanol–water partition coefficient (Wildman–Crippen LogP) is 0.0127. The van der Waals surface area contributed by atoms with E-state index in [1.807, 2.05) is 6.92 Å². The molecule has 1 fully saturated rings. The second kappa shape index (κ2) is 4.91. The van der Waals surface area contributed by atoms with Crippen LogP contribution in [0.3, 0.4) is 0 Å². The van der Waals surface area contributed by atoms with Crippen LogP contribution < -0.4 is 4.72 Å². The van der Waals surface area contributed by atoms with Crippen LogP contribution in [-0.4, -0.2) is 43.8 Å². The van der Waals surface area contributed by atoms with Crippen molar-refractivity contribution >= 4 is 15.9 Å². The molecule has 0 radical (unpaired) electrons. The highest BCUT2D eigenvalue weighted by molar-refractivity contribution is 7.87. The smallest absolute Gasteiger partial charge is 0.279 e. The number of oxime groups is 1. The molecule has 0 aromatic carbocycles. The molecule has 7 heteroatoms. The molecule has 0 amide bonds. The van der Waals surface area contributed by atoms with E-state index in [0.29, 0.717) is 25.2 Å². The minimum Gasteiger partial charge on any atom is -0.411 e. The second-order valence-electron chi connectivity index (χ2n) is 3.51. The fourth-order valence-electron chi connectivity index (χ4n) is 1.73. The van der Waals surface area contributed by atoms with E-state index in [0.717, 1.165) is 6.42 Å². The van der Waals surface area contributed by atoms with Crippen molar-refractivity contribution in [2.24, 2.45) is 11.1 Å². The Hall–Kier alpha value is -0.660. The first-order valence-corrected chi connectivity index (χ1v) is 6.38. The van der Waals surface area contributed by atoms with Crippen molar-refractivity contribution in [2.75, 3.05) is 20.1 Å². The lowest BCUT2D eigenvalue weighted by molar-refractivity contribution is 0.295. The van der Waals surface area contributed by atoms with Gasteiger partial charge in [0.2, 0.25) is 0 Å². The molecule has 0 saturated carbocycles. The number of nitrogens with zero attached hydrogens (tertiary/aromatic N) is 2. The Labute approximate surface area is 90.1 Å². The molecule has 2 N–H and O–H groups in total. The third kappa shape index (κ3) is 2.67. The molecule has 1 aliphatic heterocycles. The Kier molecular flexibility index (Phi) is 4.06. The molecule has 88 valence electrons. The number of hydrogen-bond acceptors (Lipinski definition) is 4. The average molecular weight is 235 g/mol. The highest BCUT2D eigenvalue weighted by Crippen LogP contribution is 2.19. The molecule has 0 aromatic rings. The average Bonchev–Trinajstić information content (AvgIpc) is 2.28. The Balaban J connectivity index is 2.78. The monoisotopic (exact) mass is 235 g/mol. The summed E-state index contributed by atoms with van der Waals surface area (Å²) in [7, 11) is -1.95. The molecule has 1 atom stereocenters.